The second kappa shape index (κ2) is 7.80. The molecule has 0 unspecified atom stereocenters. The molecule has 0 spiro atoms. The highest BCUT2D eigenvalue weighted by atomic mass is 79.9. The number of anilines is 1. The first-order valence-corrected chi connectivity index (χ1v) is 7.42. The SMILES string of the molecule is CCOc1cccc(NCCOc2ccc(Br)cc2)c1. The van der Waals surface area contributed by atoms with Crippen LogP contribution in [0.2, 0.25) is 0 Å². The molecule has 106 valence electrons. The molecule has 0 heterocycles. The van der Waals surface area contributed by atoms with Crippen LogP contribution in [0.3, 0.4) is 0 Å². The average molecular weight is 336 g/mol. The van der Waals surface area contributed by atoms with E-state index in [1.54, 1.807) is 0 Å². The minimum absolute atomic E-state index is 0.612. The Bertz CT molecular complexity index is 528. The van der Waals surface area contributed by atoms with E-state index in [0.29, 0.717) is 13.2 Å². The second-order valence-corrected chi connectivity index (χ2v) is 5.11. The van der Waals surface area contributed by atoms with Crippen LogP contribution in [-0.4, -0.2) is 19.8 Å². The molecule has 2 rings (SSSR count). The quantitative estimate of drug-likeness (QED) is 0.763. The fourth-order valence-electron chi connectivity index (χ4n) is 1.76. The van der Waals surface area contributed by atoms with E-state index in [1.807, 2.05) is 55.5 Å². The lowest BCUT2D eigenvalue weighted by molar-refractivity contribution is 0.332. The molecule has 0 atom stereocenters. The summed E-state index contributed by atoms with van der Waals surface area (Å²) in [5.74, 6) is 1.75. The third kappa shape index (κ3) is 4.78. The molecule has 1 N–H and O–H groups in total. The third-order valence-corrected chi connectivity index (χ3v) is 3.19. The number of halogens is 1. The van der Waals surface area contributed by atoms with Gasteiger partial charge < -0.3 is 14.8 Å². The summed E-state index contributed by atoms with van der Waals surface area (Å²) in [6.45, 7) is 4.01. The Morgan fingerprint density at radius 3 is 2.55 bits per heavy atom. The molecule has 20 heavy (non-hydrogen) atoms. The number of hydrogen-bond donors (Lipinski definition) is 1. The maximum atomic E-state index is 5.65. The van der Waals surface area contributed by atoms with Crippen molar-refractivity contribution < 1.29 is 9.47 Å². The van der Waals surface area contributed by atoms with Crippen LogP contribution in [0.15, 0.2) is 53.0 Å². The minimum atomic E-state index is 0.612. The van der Waals surface area contributed by atoms with Crippen LogP contribution in [0, 0.1) is 0 Å². The van der Waals surface area contributed by atoms with Crippen molar-refractivity contribution in [2.75, 3.05) is 25.1 Å². The summed E-state index contributed by atoms with van der Waals surface area (Å²) in [6.07, 6.45) is 0. The van der Waals surface area contributed by atoms with E-state index in [2.05, 4.69) is 21.2 Å². The van der Waals surface area contributed by atoms with E-state index in [9.17, 15) is 0 Å². The molecular weight excluding hydrogens is 318 g/mol. The number of ether oxygens (including phenoxy) is 2. The van der Waals surface area contributed by atoms with E-state index in [0.717, 1.165) is 28.2 Å². The first-order chi connectivity index (χ1) is 9.78. The van der Waals surface area contributed by atoms with Crippen molar-refractivity contribution in [1.82, 2.24) is 0 Å². The van der Waals surface area contributed by atoms with Crippen LogP contribution < -0.4 is 14.8 Å². The van der Waals surface area contributed by atoms with Crippen LogP contribution >= 0.6 is 15.9 Å². The van der Waals surface area contributed by atoms with Crippen molar-refractivity contribution in [1.29, 1.82) is 0 Å². The zero-order chi connectivity index (χ0) is 14.2. The van der Waals surface area contributed by atoms with Gasteiger partial charge in [0, 0.05) is 22.8 Å². The summed E-state index contributed by atoms with van der Waals surface area (Å²) < 4.78 is 12.2. The molecule has 2 aromatic carbocycles. The smallest absolute Gasteiger partial charge is 0.121 e. The van der Waals surface area contributed by atoms with Gasteiger partial charge in [0.25, 0.3) is 0 Å². The molecule has 0 amide bonds. The van der Waals surface area contributed by atoms with Crippen LogP contribution in [-0.2, 0) is 0 Å². The molecule has 0 aliphatic heterocycles. The van der Waals surface area contributed by atoms with Gasteiger partial charge in [0.2, 0.25) is 0 Å². The van der Waals surface area contributed by atoms with Gasteiger partial charge in [-0.1, -0.05) is 22.0 Å². The molecule has 0 bridgehead atoms. The van der Waals surface area contributed by atoms with Gasteiger partial charge in [0.15, 0.2) is 0 Å². The first kappa shape index (κ1) is 14.7. The van der Waals surface area contributed by atoms with Gasteiger partial charge in [-0.3, -0.25) is 0 Å². The highest BCUT2D eigenvalue weighted by Crippen LogP contribution is 2.18. The third-order valence-electron chi connectivity index (χ3n) is 2.66. The maximum absolute atomic E-state index is 5.65. The Labute approximate surface area is 128 Å². The Morgan fingerprint density at radius 1 is 1.00 bits per heavy atom. The van der Waals surface area contributed by atoms with Gasteiger partial charge >= 0.3 is 0 Å². The maximum Gasteiger partial charge on any atom is 0.121 e. The van der Waals surface area contributed by atoms with E-state index >= 15 is 0 Å². The Hall–Kier alpha value is -1.68. The van der Waals surface area contributed by atoms with Gasteiger partial charge in [-0.15, -0.1) is 0 Å². The van der Waals surface area contributed by atoms with Crippen LogP contribution in [0.4, 0.5) is 5.69 Å². The molecule has 2 aromatic rings. The summed E-state index contributed by atoms with van der Waals surface area (Å²) in [7, 11) is 0. The zero-order valence-corrected chi connectivity index (χ0v) is 13.0. The highest BCUT2D eigenvalue weighted by Gasteiger charge is 1.97. The predicted molar refractivity (Wildman–Crippen MR) is 85.7 cm³/mol. The minimum Gasteiger partial charge on any atom is -0.494 e. The first-order valence-electron chi connectivity index (χ1n) is 6.63. The van der Waals surface area contributed by atoms with E-state index in [-0.39, 0.29) is 0 Å². The van der Waals surface area contributed by atoms with Crippen LogP contribution in [0.5, 0.6) is 11.5 Å². The summed E-state index contributed by atoms with van der Waals surface area (Å²) in [4.78, 5) is 0. The fourth-order valence-corrected chi connectivity index (χ4v) is 2.02. The largest absolute Gasteiger partial charge is 0.494 e. The number of hydrogen-bond acceptors (Lipinski definition) is 3. The van der Waals surface area contributed by atoms with Gasteiger partial charge in [-0.05, 0) is 43.3 Å². The van der Waals surface area contributed by atoms with Crippen LogP contribution in [0.25, 0.3) is 0 Å². The molecule has 0 aliphatic rings. The molecule has 0 fully saturated rings. The Kier molecular flexibility index (Phi) is 5.74. The summed E-state index contributed by atoms with van der Waals surface area (Å²) >= 11 is 3.40. The van der Waals surface area contributed by atoms with Crippen molar-refractivity contribution in [3.63, 3.8) is 0 Å². The van der Waals surface area contributed by atoms with Gasteiger partial charge in [-0.25, -0.2) is 0 Å². The molecule has 3 nitrogen and oxygen atoms in total. The molecule has 0 aromatic heterocycles. The monoisotopic (exact) mass is 335 g/mol. The molecule has 0 saturated carbocycles. The van der Waals surface area contributed by atoms with Crippen molar-refractivity contribution in [3.05, 3.63) is 53.0 Å². The normalized spacial score (nSPS) is 10.1. The van der Waals surface area contributed by atoms with E-state index in [1.165, 1.54) is 0 Å². The second-order valence-electron chi connectivity index (χ2n) is 4.19. The molecular formula is C16H18BrNO2. The van der Waals surface area contributed by atoms with E-state index < -0.39 is 0 Å². The Balaban J connectivity index is 1.75. The van der Waals surface area contributed by atoms with Crippen molar-refractivity contribution >= 4 is 21.6 Å². The predicted octanol–water partition coefficient (Wildman–Crippen LogP) is 4.34. The summed E-state index contributed by atoms with van der Waals surface area (Å²) in [5.41, 5.74) is 1.04. The lowest BCUT2D eigenvalue weighted by atomic mass is 10.3. The van der Waals surface area contributed by atoms with Gasteiger partial charge in [0.05, 0.1) is 6.61 Å². The van der Waals surface area contributed by atoms with Crippen LogP contribution in [0.1, 0.15) is 6.92 Å². The van der Waals surface area contributed by atoms with Crippen molar-refractivity contribution in [2.24, 2.45) is 0 Å². The van der Waals surface area contributed by atoms with Crippen molar-refractivity contribution in [3.8, 4) is 11.5 Å². The molecule has 0 radical (unpaired) electrons. The fraction of sp³-hybridized carbons (Fsp3) is 0.250. The number of benzene rings is 2. The lowest BCUT2D eigenvalue weighted by Gasteiger charge is -2.10. The number of nitrogens with one attached hydrogen (secondary N) is 1. The molecule has 0 aliphatic carbocycles. The van der Waals surface area contributed by atoms with E-state index in [4.69, 9.17) is 9.47 Å². The topological polar surface area (TPSA) is 30.5 Å². The summed E-state index contributed by atoms with van der Waals surface area (Å²) in [5, 5.41) is 3.31. The molecule has 4 heteroatoms. The average Bonchev–Trinajstić information content (AvgIpc) is 2.46. The standard InChI is InChI=1S/C16H18BrNO2/c1-2-19-16-5-3-4-14(12-16)18-10-11-20-15-8-6-13(17)7-9-15/h3-9,12,18H,2,10-11H2,1H3. The van der Waals surface area contributed by atoms with Gasteiger partial charge in [0.1, 0.15) is 18.1 Å². The zero-order valence-electron chi connectivity index (χ0n) is 11.4. The highest BCUT2D eigenvalue weighted by molar-refractivity contribution is 9.10. The Morgan fingerprint density at radius 2 is 1.80 bits per heavy atom. The van der Waals surface area contributed by atoms with Crippen molar-refractivity contribution in [2.45, 2.75) is 6.92 Å². The lowest BCUT2D eigenvalue weighted by Crippen LogP contribution is -2.11. The number of rotatable bonds is 7. The molecule has 0 saturated heterocycles. The van der Waals surface area contributed by atoms with Gasteiger partial charge in [-0.2, -0.15) is 0 Å². The summed E-state index contributed by atoms with van der Waals surface area (Å²) in [6, 6.07) is 15.8.